The molecule has 0 amide bonds. The van der Waals surface area contributed by atoms with Crippen LogP contribution < -0.4 is 0 Å². The molecule has 25 heavy (non-hydrogen) atoms. The van der Waals surface area contributed by atoms with E-state index in [9.17, 15) is 26.3 Å². The molecule has 3 aromatic rings. The highest BCUT2D eigenvalue weighted by Gasteiger charge is 2.38. The molecule has 0 bridgehead atoms. The van der Waals surface area contributed by atoms with Crippen molar-refractivity contribution >= 4 is 0 Å². The number of rotatable bonds is 3. The van der Waals surface area contributed by atoms with Crippen LogP contribution in [0.1, 0.15) is 17.3 Å². The summed E-state index contributed by atoms with van der Waals surface area (Å²) in [6, 6.07) is 5.57. The second kappa shape index (κ2) is 5.86. The lowest BCUT2D eigenvalue weighted by Gasteiger charge is -2.08. The molecule has 3 rings (SSSR count). The van der Waals surface area contributed by atoms with Gasteiger partial charge in [-0.25, -0.2) is 9.67 Å². The molecule has 0 aliphatic heterocycles. The number of aromatic nitrogens is 5. The lowest BCUT2D eigenvalue weighted by Crippen LogP contribution is -2.16. The number of benzene rings is 1. The Morgan fingerprint density at radius 2 is 1.64 bits per heavy atom. The van der Waals surface area contributed by atoms with Gasteiger partial charge in [0.1, 0.15) is 6.33 Å². The van der Waals surface area contributed by atoms with Gasteiger partial charge in [-0.15, -0.1) is 0 Å². The first-order valence-electron chi connectivity index (χ1n) is 6.60. The highest BCUT2D eigenvalue weighted by atomic mass is 19.4. The summed E-state index contributed by atoms with van der Waals surface area (Å²) in [6.07, 6.45) is -8.61. The highest BCUT2D eigenvalue weighted by molar-refractivity contribution is 5.54. The number of alkyl halides is 6. The first-order chi connectivity index (χ1) is 11.6. The zero-order valence-electron chi connectivity index (χ0n) is 12.0. The summed E-state index contributed by atoms with van der Waals surface area (Å²) in [7, 11) is 0. The zero-order chi connectivity index (χ0) is 18.2. The summed E-state index contributed by atoms with van der Waals surface area (Å²) in [5.74, 6) is -2.91. The standard InChI is InChI=1S/C13H7F6N5O/c14-12(15,16)10-20-6-21-24(10)5-7-1-3-8(4-2-7)9-22-11(25-23-9)13(17,18)19/h1-4,6H,5H2. The fraction of sp³-hybridized carbons (Fsp3) is 0.231. The van der Waals surface area contributed by atoms with Gasteiger partial charge >= 0.3 is 18.2 Å². The first-order valence-corrected chi connectivity index (χ1v) is 6.60. The predicted octanol–water partition coefficient (Wildman–Crippen LogP) is 3.41. The van der Waals surface area contributed by atoms with E-state index in [4.69, 9.17) is 0 Å². The molecule has 0 unspecified atom stereocenters. The van der Waals surface area contributed by atoms with Crippen molar-refractivity contribution < 1.29 is 30.9 Å². The minimum atomic E-state index is -4.76. The average molecular weight is 363 g/mol. The molecule has 0 N–H and O–H groups in total. The number of hydrogen-bond acceptors (Lipinski definition) is 5. The van der Waals surface area contributed by atoms with Crippen LogP contribution >= 0.6 is 0 Å². The molecule has 0 fully saturated rings. The largest absolute Gasteiger partial charge is 0.471 e. The van der Waals surface area contributed by atoms with E-state index >= 15 is 0 Å². The Balaban J connectivity index is 1.79. The Morgan fingerprint density at radius 1 is 0.960 bits per heavy atom. The molecule has 0 saturated carbocycles. The highest BCUT2D eigenvalue weighted by Crippen LogP contribution is 2.30. The minimum Gasteiger partial charge on any atom is -0.329 e. The SMILES string of the molecule is FC(F)(F)c1nc(-c2ccc(Cn3ncnc3C(F)(F)F)cc2)no1. The molecule has 0 aliphatic carbocycles. The maximum Gasteiger partial charge on any atom is 0.471 e. The number of nitrogens with zero attached hydrogens (tertiary/aromatic N) is 5. The Labute approximate surface area is 135 Å². The van der Waals surface area contributed by atoms with Gasteiger partial charge in [0.15, 0.2) is 0 Å². The van der Waals surface area contributed by atoms with E-state index in [0.29, 0.717) is 10.2 Å². The van der Waals surface area contributed by atoms with Gasteiger partial charge in [-0.05, 0) is 5.56 Å². The Hall–Kier alpha value is -2.92. The molecule has 132 valence electrons. The average Bonchev–Trinajstić information content (AvgIpc) is 3.15. The van der Waals surface area contributed by atoms with Crippen LogP contribution in [0.2, 0.25) is 0 Å². The minimum absolute atomic E-state index is 0.213. The molecule has 2 aromatic heterocycles. The fourth-order valence-corrected chi connectivity index (χ4v) is 1.99. The molecule has 0 atom stereocenters. The van der Waals surface area contributed by atoms with E-state index in [1.807, 2.05) is 0 Å². The predicted molar refractivity (Wildman–Crippen MR) is 68.9 cm³/mol. The Kier molecular flexibility index (Phi) is 3.97. The molecule has 0 aliphatic rings. The first kappa shape index (κ1) is 16.9. The molecular weight excluding hydrogens is 356 g/mol. The van der Waals surface area contributed by atoms with Crippen LogP contribution in [0.15, 0.2) is 35.1 Å². The van der Waals surface area contributed by atoms with Crippen molar-refractivity contribution in [3.63, 3.8) is 0 Å². The Morgan fingerprint density at radius 3 is 2.20 bits per heavy atom. The van der Waals surface area contributed by atoms with E-state index in [0.717, 1.165) is 6.33 Å². The third-order valence-electron chi connectivity index (χ3n) is 3.08. The third kappa shape index (κ3) is 3.61. The van der Waals surface area contributed by atoms with E-state index in [2.05, 4.69) is 24.7 Å². The molecule has 12 heteroatoms. The summed E-state index contributed by atoms with van der Waals surface area (Å²) in [6.45, 7) is -0.213. The van der Waals surface area contributed by atoms with E-state index in [-0.39, 0.29) is 17.9 Å². The van der Waals surface area contributed by atoms with Crippen molar-refractivity contribution in [2.75, 3.05) is 0 Å². The topological polar surface area (TPSA) is 69.6 Å². The normalized spacial score (nSPS) is 12.6. The van der Waals surface area contributed by atoms with Gasteiger partial charge < -0.3 is 4.52 Å². The van der Waals surface area contributed by atoms with Crippen LogP contribution in [-0.4, -0.2) is 24.9 Å². The van der Waals surface area contributed by atoms with Crippen molar-refractivity contribution in [2.45, 2.75) is 18.9 Å². The molecular formula is C13H7F6N5O. The molecule has 0 spiro atoms. The van der Waals surface area contributed by atoms with Gasteiger partial charge in [-0.2, -0.15) is 36.4 Å². The van der Waals surface area contributed by atoms with E-state index in [1.54, 1.807) is 0 Å². The summed E-state index contributed by atoms with van der Waals surface area (Å²) >= 11 is 0. The smallest absolute Gasteiger partial charge is 0.329 e. The second-order valence-corrected chi connectivity index (χ2v) is 4.86. The molecule has 6 nitrogen and oxygen atoms in total. The fourth-order valence-electron chi connectivity index (χ4n) is 1.99. The van der Waals surface area contributed by atoms with Crippen LogP contribution in [0.5, 0.6) is 0 Å². The quantitative estimate of drug-likeness (QED) is 0.667. The van der Waals surface area contributed by atoms with Gasteiger partial charge in [-0.3, -0.25) is 0 Å². The van der Waals surface area contributed by atoms with Gasteiger partial charge in [0.05, 0.1) is 6.54 Å². The van der Waals surface area contributed by atoms with Crippen LogP contribution in [0.4, 0.5) is 26.3 Å². The summed E-state index contributed by atoms with van der Waals surface area (Å²) < 4.78 is 80.2. The van der Waals surface area contributed by atoms with Crippen molar-refractivity contribution in [1.29, 1.82) is 0 Å². The third-order valence-corrected chi connectivity index (χ3v) is 3.08. The summed E-state index contributed by atoms with van der Waals surface area (Å²) in [5, 5.41) is 6.73. The van der Waals surface area contributed by atoms with Crippen LogP contribution in [0.25, 0.3) is 11.4 Å². The molecule has 0 radical (unpaired) electrons. The lowest BCUT2D eigenvalue weighted by molar-refractivity contribution is -0.159. The van der Waals surface area contributed by atoms with E-state index < -0.39 is 24.1 Å². The van der Waals surface area contributed by atoms with Crippen LogP contribution in [0.3, 0.4) is 0 Å². The van der Waals surface area contributed by atoms with Gasteiger partial charge in [-0.1, -0.05) is 29.4 Å². The molecule has 2 heterocycles. The Bertz CT molecular complexity index is 864. The maximum absolute atomic E-state index is 12.7. The van der Waals surface area contributed by atoms with Gasteiger partial charge in [0, 0.05) is 5.56 Å². The zero-order valence-corrected chi connectivity index (χ0v) is 12.0. The molecule has 1 aromatic carbocycles. The number of halogens is 6. The summed E-state index contributed by atoms with van der Waals surface area (Å²) in [4.78, 5) is 6.39. The van der Waals surface area contributed by atoms with Crippen molar-refractivity contribution in [3.8, 4) is 11.4 Å². The van der Waals surface area contributed by atoms with Gasteiger partial charge in [0.2, 0.25) is 11.6 Å². The maximum atomic E-state index is 12.7. The monoisotopic (exact) mass is 363 g/mol. The van der Waals surface area contributed by atoms with Crippen LogP contribution in [0, 0.1) is 0 Å². The lowest BCUT2D eigenvalue weighted by atomic mass is 10.1. The second-order valence-electron chi connectivity index (χ2n) is 4.86. The van der Waals surface area contributed by atoms with E-state index in [1.165, 1.54) is 24.3 Å². The van der Waals surface area contributed by atoms with Gasteiger partial charge in [0.25, 0.3) is 0 Å². The number of hydrogen-bond donors (Lipinski definition) is 0. The van der Waals surface area contributed by atoms with Crippen molar-refractivity contribution in [3.05, 3.63) is 47.9 Å². The van der Waals surface area contributed by atoms with Crippen molar-refractivity contribution in [2.24, 2.45) is 0 Å². The molecule has 0 saturated heterocycles. The summed E-state index contributed by atoms with van der Waals surface area (Å²) in [5.41, 5.74) is 0.650. The van der Waals surface area contributed by atoms with Crippen molar-refractivity contribution in [1.82, 2.24) is 24.9 Å². The van der Waals surface area contributed by atoms with Crippen LogP contribution in [-0.2, 0) is 18.9 Å².